The van der Waals surface area contributed by atoms with E-state index in [-0.39, 0.29) is 0 Å². The van der Waals surface area contributed by atoms with Crippen LogP contribution in [0.4, 0.5) is 0 Å². The molecule has 0 saturated heterocycles. The van der Waals surface area contributed by atoms with E-state index in [0.717, 1.165) is 88.4 Å². The quantitative estimate of drug-likeness (QED) is 0.168. The van der Waals surface area contributed by atoms with E-state index in [2.05, 4.69) is 211 Å². The molecule has 3 heterocycles. The molecule has 64 heavy (non-hydrogen) atoms. The van der Waals surface area contributed by atoms with Gasteiger partial charge in [0, 0.05) is 32.7 Å². The van der Waals surface area contributed by atoms with Crippen LogP contribution in [0.2, 0.25) is 0 Å². The molecule has 0 radical (unpaired) electrons. The first-order valence-electron chi connectivity index (χ1n) is 21.6. The monoisotopic (exact) mass is 816 g/mol. The molecule has 3 aromatic heterocycles. The van der Waals surface area contributed by atoms with Crippen molar-refractivity contribution in [3.8, 4) is 62.1 Å². The van der Waals surface area contributed by atoms with Gasteiger partial charge in [0.1, 0.15) is 11.2 Å². The Kier molecular flexibility index (Phi) is 8.15. The summed E-state index contributed by atoms with van der Waals surface area (Å²) in [6, 6.07) is 76.8. The van der Waals surface area contributed by atoms with Crippen molar-refractivity contribution in [3.63, 3.8) is 0 Å². The predicted octanol–water partition coefficient (Wildman–Crippen LogP) is 15.5. The van der Waals surface area contributed by atoms with Gasteiger partial charge in [0.25, 0.3) is 0 Å². The molecular weight excluding hydrogens is 781 g/mol. The molecule has 0 N–H and O–H groups in total. The molecule has 5 heteroatoms. The van der Waals surface area contributed by atoms with Crippen molar-refractivity contribution in [1.29, 1.82) is 0 Å². The summed E-state index contributed by atoms with van der Waals surface area (Å²) in [5.41, 5.74) is 12.0. The fraction of sp³-hybridized carbons (Fsp3) is 0. The van der Waals surface area contributed by atoms with Crippen molar-refractivity contribution in [2.45, 2.75) is 0 Å². The molecule has 0 aliphatic carbocycles. The first-order chi connectivity index (χ1) is 31.7. The van der Waals surface area contributed by atoms with Crippen molar-refractivity contribution in [2.24, 2.45) is 0 Å². The Bertz CT molecular complexity index is 3830. The SMILES string of the molecule is c1ccc(-c2ccc(-c3nc(-c4ccc(-c5ccccc5)cc4)nc(-c4ccc(-n5c6ccccc6c6cc7ccccc7cc65)c5c4oc4c6ccccc6ccc45)n3)cc2)cc1. The molecule has 0 aliphatic rings. The lowest BCUT2D eigenvalue weighted by Gasteiger charge is -2.13. The van der Waals surface area contributed by atoms with Crippen LogP contribution in [-0.2, 0) is 0 Å². The standard InChI is InChI=1S/C59H36N4O/c1-3-13-37(14-4-1)39-23-27-42(28-24-39)57-60-58(43-29-25-40(26-30-43)38-15-5-2-6-16-38)62-59(61-57)49-33-34-52(54-48-32-31-41-17-9-10-20-46(41)55(48)64-56(49)54)63-51-22-12-11-21-47(51)50-35-44-18-7-8-19-45(44)36-53(50)63/h1-36H. The molecule has 0 spiro atoms. The Morgan fingerprint density at radius 1 is 0.312 bits per heavy atom. The molecule has 0 aliphatic heterocycles. The van der Waals surface area contributed by atoms with Gasteiger partial charge in [-0.15, -0.1) is 0 Å². The summed E-state index contributed by atoms with van der Waals surface area (Å²) in [6.07, 6.45) is 0. The molecule has 0 unspecified atom stereocenters. The molecule has 298 valence electrons. The summed E-state index contributed by atoms with van der Waals surface area (Å²) >= 11 is 0. The van der Waals surface area contributed by atoms with E-state index in [9.17, 15) is 0 Å². The van der Waals surface area contributed by atoms with Gasteiger partial charge in [0.15, 0.2) is 17.5 Å². The normalized spacial score (nSPS) is 11.8. The first kappa shape index (κ1) is 36.0. The maximum absolute atomic E-state index is 7.19. The van der Waals surface area contributed by atoms with Gasteiger partial charge in [-0.05, 0) is 74.8 Å². The second-order valence-electron chi connectivity index (χ2n) is 16.4. The molecule has 0 saturated carbocycles. The maximum Gasteiger partial charge on any atom is 0.167 e. The third-order valence-corrected chi connectivity index (χ3v) is 12.6. The highest BCUT2D eigenvalue weighted by Gasteiger charge is 2.24. The fourth-order valence-corrected chi connectivity index (χ4v) is 9.51. The average Bonchev–Trinajstić information content (AvgIpc) is 3.92. The van der Waals surface area contributed by atoms with Crippen LogP contribution in [0.25, 0.3) is 127 Å². The number of rotatable bonds is 6. The van der Waals surface area contributed by atoms with E-state index in [1.807, 2.05) is 12.1 Å². The van der Waals surface area contributed by atoms with E-state index >= 15 is 0 Å². The average molecular weight is 817 g/mol. The Balaban J connectivity index is 1.07. The molecule has 13 aromatic rings. The van der Waals surface area contributed by atoms with Gasteiger partial charge in [-0.3, -0.25) is 0 Å². The van der Waals surface area contributed by atoms with Crippen LogP contribution >= 0.6 is 0 Å². The van der Waals surface area contributed by atoms with Crippen molar-refractivity contribution >= 4 is 65.3 Å². The molecular formula is C59H36N4O. The van der Waals surface area contributed by atoms with Crippen LogP contribution in [0.3, 0.4) is 0 Å². The number of hydrogen-bond donors (Lipinski definition) is 0. The van der Waals surface area contributed by atoms with Gasteiger partial charge in [-0.2, -0.15) is 0 Å². The molecule has 13 rings (SSSR count). The number of furan rings is 1. The Labute approximate surface area is 368 Å². The van der Waals surface area contributed by atoms with Crippen molar-refractivity contribution in [1.82, 2.24) is 19.5 Å². The molecule has 0 atom stereocenters. The van der Waals surface area contributed by atoms with Crippen LogP contribution in [0, 0.1) is 0 Å². The highest BCUT2D eigenvalue weighted by molar-refractivity contribution is 6.21. The molecule has 0 amide bonds. The van der Waals surface area contributed by atoms with E-state index in [1.165, 1.54) is 21.5 Å². The Morgan fingerprint density at radius 3 is 1.48 bits per heavy atom. The summed E-state index contributed by atoms with van der Waals surface area (Å²) in [4.78, 5) is 15.7. The molecule has 0 fully saturated rings. The van der Waals surface area contributed by atoms with E-state index in [1.54, 1.807) is 0 Å². The summed E-state index contributed by atoms with van der Waals surface area (Å²) in [5.74, 6) is 1.70. The summed E-state index contributed by atoms with van der Waals surface area (Å²) in [7, 11) is 0. The van der Waals surface area contributed by atoms with Crippen LogP contribution in [0.5, 0.6) is 0 Å². The second kappa shape index (κ2) is 14.5. The lowest BCUT2D eigenvalue weighted by atomic mass is 10.0. The number of para-hydroxylation sites is 1. The minimum absolute atomic E-state index is 0.535. The highest BCUT2D eigenvalue weighted by Crippen LogP contribution is 2.44. The van der Waals surface area contributed by atoms with Crippen molar-refractivity contribution < 1.29 is 4.42 Å². The topological polar surface area (TPSA) is 56.7 Å². The van der Waals surface area contributed by atoms with Crippen LogP contribution < -0.4 is 0 Å². The smallest absolute Gasteiger partial charge is 0.167 e. The summed E-state index contributed by atoms with van der Waals surface area (Å²) < 4.78 is 9.59. The number of aromatic nitrogens is 4. The van der Waals surface area contributed by atoms with Crippen LogP contribution in [0.15, 0.2) is 223 Å². The maximum atomic E-state index is 7.19. The molecule has 5 nitrogen and oxygen atoms in total. The van der Waals surface area contributed by atoms with Gasteiger partial charge < -0.3 is 8.98 Å². The van der Waals surface area contributed by atoms with Gasteiger partial charge in [0.05, 0.1) is 27.7 Å². The Hall–Kier alpha value is -8.67. The predicted molar refractivity (Wildman–Crippen MR) is 264 cm³/mol. The van der Waals surface area contributed by atoms with Gasteiger partial charge in [-0.25, -0.2) is 15.0 Å². The minimum atomic E-state index is 0.535. The number of hydrogen-bond acceptors (Lipinski definition) is 4. The second-order valence-corrected chi connectivity index (χ2v) is 16.4. The molecule has 10 aromatic carbocycles. The van der Waals surface area contributed by atoms with E-state index in [4.69, 9.17) is 19.4 Å². The number of benzene rings is 10. The third-order valence-electron chi connectivity index (χ3n) is 12.6. The fourth-order valence-electron chi connectivity index (χ4n) is 9.51. The van der Waals surface area contributed by atoms with E-state index in [0.29, 0.717) is 17.5 Å². The van der Waals surface area contributed by atoms with Crippen molar-refractivity contribution in [3.05, 3.63) is 218 Å². The van der Waals surface area contributed by atoms with Gasteiger partial charge >= 0.3 is 0 Å². The zero-order valence-electron chi connectivity index (χ0n) is 34.5. The third kappa shape index (κ3) is 5.83. The Morgan fingerprint density at radius 2 is 0.828 bits per heavy atom. The zero-order valence-corrected chi connectivity index (χ0v) is 34.5. The number of nitrogens with zero attached hydrogens (tertiary/aromatic N) is 4. The highest BCUT2D eigenvalue weighted by atomic mass is 16.3. The van der Waals surface area contributed by atoms with Gasteiger partial charge in [-0.1, -0.05) is 182 Å². The summed E-state index contributed by atoms with van der Waals surface area (Å²) in [6.45, 7) is 0. The zero-order chi connectivity index (χ0) is 42.1. The summed E-state index contributed by atoms with van der Waals surface area (Å²) in [5, 5.41) is 8.99. The first-order valence-corrected chi connectivity index (χ1v) is 21.6. The largest absolute Gasteiger partial charge is 0.455 e. The van der Waals surface area contributed by atoms with Crippen molar-refractivity contribution in [2.75, 3.05) is 0 Å². The van der Waals surface area contributed by atoms with Crippen LogP contribution in [0.1, 0.15) is 0 Å². The minimum Gasteiger partial charge on any atom is -0.455 e. The lowest BCUT2D eigenvalue weighted by Crippen LogP contribution is -2.01. The number of fused-ring (bicyclic) bond motifs is 9. The van der Waals surface area contributed by atoms with Crippen LogP contribution in [-0.4, -0.2) is 19.5 Å². The van der Waals surface area contributed by atoms with Gasteiger partial charge in [0.2, 0.25) is 0 Å². The van der Waals surface area contributed by atoms with E-state index < -0.39 is 0 Å². The lowest BCUT2D eigenvalue weighted by molar-refractivity contribution is 0.673. The molecule has 0 bridgehead atoms.